The van der Waals surface area contributed by atoms with E-state index in [-0.39, 0.29) is 17.9 Å². The van der Waals surface area contributed by atoms with Gasteiger partial charge in [0.15, 0.2) is 0 Å². The van der Waals surface area contributed by atoms with Crippen LogP contribution in [0.3, 0.4) is 0 Å². The molecule has 1 aliphatic rings. The smallest absolute Gasteiger partial charge is 0.270 e. The van der Waals surface area contributed by atoms with Crippen molar-refractivity contribution in [1.29, 1.82) is 0 Å². The molecule has 1 amide bonds. The molecular weight excluding hydrogens is 288 g/mol. The number of aryl methyl sites for hydroxylation is 1. The first-order valence-electron chi connectivity index (χ1n) is 8.12. The zero-order chi connectivity index (χ0) is 16.4. The van der Waals surface area contributed by atoms with Crippen molar-refractivity contribution in [3.8, 4) is 0 Å². The number of hydrogen-bond donors (Lipinski definition) is 1. The highest BCUT2D eigenvalue weighted by Crippen LogP contribution is 2.40. The third-order valence-electron chi connectivity index (χ3n) is 4.03. The van der Waals surface area contributed by atoms with Crippen molar-refractivity contribution in [1.82, 2.24) is 20.3 Å². The van der Waals surface area contributed by atoms with Gasteiger partial charge in [-0.2, -0.15) is 0 Å². The second kappa shape index (κ2) is 6.44. The van der Waals surface area contributed by atoms with E-state index in [9.17, 15) is 4.79 Å². The molecule has 5 heteroatoms. The molecule has 1 atom stereocenters. The molecule has 2 aromatic heterocycles. The Morgan fingerprint density at radius 1 is 1.22 bits per heavy atom. The summed E-state index contributed by atoms with van der Waals surface area (Å²) in [6.07, 6.45) is 3.90. The third-order valence-corrected chi connectivity index (χ3v) is 4.03. The maximum Gasteiger partial charge on any atom is 0.270 e. The van der Waals surface area contributed by atoms with Gasteiger partial charge in [-0.3, -0.25) is 9.78 Å². The highest BCUT2D eigenvalue weighted by atomic mass is 16.2. The first-order valence-corrected chi connectivity index (χ1v) is 8.12. The quantitative estimate of drug-likeness (QED) is 0.921. The Hall–Kier alpha value is -2.30. The first-order chi connectivity index (χ1) is 11.0. The number of nitrogens with zero attached hydrogens (tertiary/aromatic N) is 3. The molecule has 0 unspecified atom stereocenters. The second-order valence-corrected chi connectivity index (χ2v) is 6.45. The molecule has 3 rings (SSSR count). The van der Waals surface area contributed by atoms with Gasteiger partial charge in [-0.05, 0) is 43.9 Å². The molecule has 1 saturated carbocycles. The molecule has 1 fully saturated rings. The van der Waals surface area contributed by atoms with Gasteiger partial charge in [0, 0.05) is 17.8 Å². The van der Waals surface area contributed by atoms with Gasteiger partial charge in [0.1, 0.15) is 11.5 Å². The first kappa shape index (κ1) is 15.6. The molecule has 0 aliphatic heterocycles. The molecule has 1 aliphatic carbocycles. The van der Waals surface area contributed by atoms with E-state index in [4.69, 9.17) is 0 Å². The van der Waals surface area contributed by atoms with Crippen LogP contribution in [0.2, 0.25) is 0 Å². The van der Waals surface area contributed by atoms with Crippen LogP contribution in [0, 0.1) is 12.8 Å². The van der Waals surface area contributed by atoms with Crippen molar-refractivity contribution in [3.63, 3.8) is 0 Å². The summed E-state index contributed by atoms with van der Waals surface area (Å²) < 4.78 is 0. The summed E-state index contributed by atoms with van der Waals surface area (Å²) >= 11 is 0. The van der Waals surface area contributed by atoms with Gasteiger partial charge < -0.3 is 5.32 Å². The second-order valence-electron chi connectivity index (χ2n) is 6.45. The number of hydrogen-bond acceptors (Lipinski definition) is 4. The van der Waals surface area contributed by atoms with E-state index in [0.717, 1.165) is 24.2 Å². The van der Waals surface area contributed by atoms with Crippen LogP contribution < -0.4 is 5.32 Å². The molecule has 0 spiro atoms. The van der Waals surface area contributed by atoms with Crippen LogP contribution in [0.15, 0.2) is 30.5 Å². The highest BCUT2D eigenvalue weighted by molar-refractivity contribution is 5.92. The standard InChI is InChI=1S/C18H22N4O/c1-11(2)17-19-10-9-15(21-17)18(23)22-16(13-7-8-13)14-6-4-5-12(3)20-14/h4-6,9-11,13,16H,7-8H2,1-3H3,(H,22,23)/t16-/m1/s1. The molecule has 120 valence electrons. The van der Waals surface area contributed by atoms with Gasteiger partial charge >= 0.3 is 0 Å². The van der Waals surface area contributed by atoms with Gasteiger partial charge in [-0.1, -0.05) is 19.9 Å². The molecule has 0 saturated heterocycles. The van der Waals surface area contributed by atoms with Crippen molar-refractivity contribution in [2.75, 3.05) is 0 Å². The average Bonchev–Trinajstić information content (AvgIpc) is 3.37. The summed E-state index contributed by atoms with van der Waals surface area (Å²) in [5, 5.41) is 3.11. The summed E-state index contributed by atoms with van der Waals surface area (Å²) in [7, 11) is 0. The Bertz CT molecular complexity index is 710. The zero-order valence-electron chi connectivity index (χ0n) is 13.8. The van der Waals surface area contributed by atoms with E-state index in [1.165, 1.54) is 0 Å². The predicted octanol–water partition coefficient (Wildman–Crippen LogP) is 3.18. The topological polar surface area (TPSA) is 67.8 Å². The molecule has 2 aromatic rings. The van der Waals surface area contributed by atoms with Gasteiger partial charge in [-0.15, -0.1) is 0 Å². The highest BCUT2D eigenvalue weighted by Gasteiger charge is 2.34. The molecule has 1 N–H and O–H groups in total. The third kappa shape index (κ3) is 3.73. The van der Waals surface area contributed by atoms with Crippen molar-refractivity contribution in [2.24, 2.45) is 5.92 Å². The SMILES string of the molecule is Cc1cccc([C@H](NC(=O)c2ccnc(C(C)C)n2)C2CC2)n1. The molecule has 0 aromatic carbocycles. The normalized spacial score (nSPS) is 15.5. The molecular formula is C18H22N4O. The molecule has 23 heavy (non-hydrogen) atoms. The summed E-state index contributed by atoms with van der Waals surface area (Å²) in [6, 6.07) is 7.56. The van der Waals surface area contributed by atoms with Crippen LogP contribution in [0.25, 0.3) is 0 Å². The number of carbonyl (C=O) groups excluding carboxylic acids is 1. The van der Waals surface area contributed by atoms with E-state index < -0.39 is 0 Å². The van der Waals surface area contributed by atoms with Crippen molar-refractivity contribution < 1.29 is 4.79 Å². The van der Waals surface area contributed by atoms with Crippen molar-refractivity contribution >= 4 is 5.91 Å². The largest absolute Gasteiger partial charge is 0.342 e. The van der Waals surface area contributed by atoms with Crippen molar-refractivity contribution in [2.45, 2.75) is 45.6 Å². The molecule has 0 bridgehead atoms. The van der Waals surface area contributed by atoms with Crippen LogP contribution in [0.5, 0.6) is 0 Å². The maximum atomic E-state index is 12.6. The van der Waals surface area contributed by atoms with Gasteiger partial charge in [0.25, 0.3) is 5.91 Å². The lowest BCUT2D eigenvalue weighted by atomic mass is 10.1. The zero-order valence-corrected chi connectivity index (χ0v) is 13.8. The van der Waals surface area contributed by atoms with E-state index >= 15 is 0 Å². The Morgan fingerprint density at radius 3 is 2.65 bits per heavy atom. The van der Waals surface area contributed by atoms with Gasteiger partial charge in [-0.25, -0.2) is 9.97 Å². The molecule has 2 heterocycles. The fourth-order valence-electron chi connectivity index (χ4n) is 2.59. The number of rotatable bonds is 5. The van der Waals surface area contributed by atoms with E-state index in [1.807, 2.05) is 39.0 Å². The van der Waals surface area contributed by atoms with E-state index in [1.54, 1.807) is 12.3 Å². The lowest BCUT2D eigenvalue weighted by Crippen LogP contribution is -2.31. The fourth-order valence-corrected chi connectivity index (χ4v) is 2.59. The lowest BCUT2D eigenvalue weighted by molar-refractivity contribution is 0.0925. The maximum absolute atomic E-state index is 12.6. The summed E-state index contributed by atoms with van der Waals surface area (Å²) in [5.74, 6) is 1.20. The predicted molar refractivity (Wildman–Crippen MR) is 88.0 cm³/mol. The monoisotopic (exact) mass is 310 g/mol. The summed E-state index contributed by atoms with van der Waals surface area (Å²) in [5.41, 5.74) is 2.31. The fraction of sp³-hybridized carbons (Fsp3) is 0.444. The number of pyridine rings is 1. The minimum Gasteiger partial charge on any atom is -0.342 e. The number of nitrogens with one attached hydrogen (secondary N) is 1. The minimum absolute atomic E-state index is 0.0418. The van der Waals surface area contributed by atoms with Crippen LogP contribution in [0.1, 0.15) is 66.3 Å². The van der Waals surface area contributed by atoms with E-state index in [2.05, 4.69) is 20.3 Å². The average molecular weight is 310 g/mol. The van der Waals surface area contributed by atoms with Crippen molar-refractivity contribution in [3.05, 3.63) is 53.4 Å². The van der Waals surface area contributed by atoms with Crippen LogP contribution >= 0.6 is 0 Å². The van der Waals surface area contributed by atoms with Crippen LogP contribution in [0.4, 0.5) is 0 Å². The Balaban J connectivity index is 1.80. The van der Waals surface area contributed by atoms with Gasteiger partial charge in [0.05, 0.1) is 11.7 Å². The number of carbonyl (C=O) groups is 1. The summed E-state index contributed by atoms with van der Waals surface area (Å²) in [4.78, 5) is 25.8. The van der Waals surface area contributed by atoms with Gasteiger partial charge in [0.2, 0.25) is 0 Å². The number of amides is 1. The molecule has 0 radical (unpaired) electrons. The Labute approximate surface area is 136 Å². The van der Waals surface area contributed by atoms with Crippen LogP contribution in [-0.2, 0) is 0 Å². The number of aromatic nitrogens is 3. The van der Waals surface area contributed by atoms with E-state index in [0.29, 0.717) is 17.4 Å². The Kier molecular flexibility index (Phi) is 4.37. The Morgan fingerprint density at radius 2 is 2.00 bits per heavy atom. The molecule has 5 nitrogen and oxygen atoms in total. The lowest BCUT2D eigenvalue weighted by Gasteiger charge is -2.18. The minimum atomic E-state index is -0.158. The summed E-state index contributed by atoms with van der Waals surface area (Å²) in [6.45, 7) is 6.00. The van der Waals surface area contributed by atoms with Crippen LogP contribution in [-0.4, -0.2) is 20.9 Å².